The lowest BCUT2D eigenvalue weighted by Gasteiger charge is -1.97. The number of hydrazone groups is 1. The summed E-state index contributed by atoms with van der Waals surface area (Å²) in [6.45, 7) is 0. The molecule has 2 rings (SSSR count). The van der Waals surface area contributed by atoms with Gasteiger partial charge >= 0.3 is 0 Å². The molecule has 0 atom stereocenters. The minimum Gasteiger partial charge on any atom is -0.267 e. The van der Waals surface area contributed by atoms with Gasteiger partial charge in [-0.1, -0.05) is 0 Å². The average molecular weight is 226 g/mol. The predicted octanol–water partition coefficient (Wildman–Crippen LogP) is 1.24. The lowest BCUT2D eigenvalue weighted by atomic mass is 10.3. The van der Waals surface area contributed by atoms with Crippen molar-refractivity contribution in [3.05, 3.63) is 60.2 Å². The zero-order valence-corrected chi connectivity index (χ0v) is 8.95. The van der Waals surface area contributed by atoms with Crippen LogP contribution in [0.15, 0.2) is 54.2 Å². The minimum absolute atomic E-state index is 0.289. The molecule has 0 aliphatic carbocycles. The fraction of sp³-hybridized carbons (Fsp3) is 0. The van der Waals surface area contributed by atoms with Crippen molar-refractivity contribution in [1.29, 1.82) is 0 Å². The smallest absolute Gasteiger partial charge is 0.267 e. The number of nitrogens with zero attached hydrogens (tertiary/aromatic N) is 3. The maximum Gasteiger partial charge on any atom is 0.272 e. The second-order valence-corrected chi connectivity index (χ2v) is 3.22. The van der Waals surface area contributed by atoms with Crippen LogP contribution < -0.4 is 5.43 Å². The number of amides is 1. The molecular formula is C12H10N4O. The van der Waals surface area contributed by atoms with Crippen molar-refractivity contribution in [3.63, 3.8) is 0 Å². The van der Waals surface area contributed by atoms with E-state index in [-0.39, 0.29) is 5.91 Å². The molecule has 2 heterocycles. The van der Waals surface area contributed by atoms with Crippen LogP contribution in [0, 0.1) is 0 Å². The van der Waals surface area contributed by atoms with Gasteiger partial charge in [-0.05, 0) is 29.8 Å². The molecule has 0 radical (unpaired) electrons. The van der Waals surface area contributed by atoms with Crippen LogP contribution in [0.25, 0.3) is 0 Å². The van der Waals surface area contributed by atoms with Gasteiger partial charge < -0.3 is 0 Å². The Balaban J connectivity index is 1.95. The lowest BCUT2D eigenvalue weighted by Crippen LogP contribution is -2.17. The van der Waals surface area contributed by atoms with Crippen LogP contribution in [0.5, 0.6) is 0 Å². The second kappa shape index (κ2) is 5.50. The van der Waals surface area contributed by atoms with E-state index in [0.717, 1.165) is 5.56 Å². The van der Waals surface area contributed by atoms with Crippen LogP contribution in [0.4, 0.5) is 0 Å². The Morgan fingerprint density at radius 2 is 2.00 bits per heavy atom. The maximum atomic E-state index is 11.6. The van der Waals surface area contributed by atoms with Crippen LogP contribution >= 0.6 is 0 Å². The largest absolute Gasteiger partial charge is 0.272 e. The Kier molecular flexibility index (Phi) is 3.54. The van der Waals surface area contributed by atoms with Gasteiger partial charge in [-0.3, -0.25) is 14.8 Å². The molecule has 0 saturated heterocycles. The Labute approximate surface area is 98.2 Å². The molecule has 5 nitrogen and oxygen atoms in total. The summed E-state index contributed by atoms with van der Waals surface area (Å²) < 4.78 is 0. The fourth-order valence-corrected chi connectivity index (χ4v) is 1.18. The number of carbonyl (C=O) groups excluding carboxylic acids is 1. The Bertz CT molecular complexity index is 511. The molecule has 0 saturated carbocycles. The number of hydrogen-bond acceptors (Lipinski definition) is 4. The molecule has 2 aromatic rings. The van der Waals surface area contributed by atoms with E-state index in [9.17, 15) is 4.79 Å². The highest BCUT2D eigenvalue weighted by Gasteiger charge is 2.01. The van der Waals surface area contributed by atoms with Crippen molar-refractivity contribution in [2.75, 3.05) is 0 Å². The van der Waals surface area contributed by atoms with Gasteiger partial charge in [-0.25, -0.2) is 5.43 Å². The zero-order valence-electron chi connectivity index (χ0n) is 8.95. The molecule has 0 fully saturated rings. The molecular weight excluding hydrogens is 216 g/mol. The van der Waals surface area contributed by atoms with Crippen LogP contribution in [0.1, 0.15) is 15.9 Å². The van der Waals surface area contributed by atoms with E-state index in [1.807, 2.05) is 0 Å². The summed E-state index contributed by atoms with van der Waals surface area (Å²) in [4.78, 5) is 19.3. The number of hydrogen-bond donors (Lipinski definition) is 1. The van der Waals surface area contributed by atoms with Crippen LogP contribution in [0.3, 0.4) is 0 Å². The van der Waals surface area contributed by atoms with Crippen LogP contribution in [-0.4, -0.2) is 22.1 Å². The van der Waals surface area contributed by atoms with E-state index in [2.05, 4.69) is 20.5 Å². The Morgan fingerprint density at radius 3 is 2.71 bits per heavy atom. The van der Waals surface area contributed by atoms with E-state index in [1.54, 1.807) is 49.1 Å². The third-order valence-electron chi connectivity index (χ3n) is 2.01. The first-order valence-electron chi connectivity index (χ1n) is 5.00. The quantitative estimate of drug-likeness (QED) is 0.632. The molecule has 1 amide bonds. The van der Waals surface area contributed by atoms with Gasteiger partial charge in [0.1, 0.15) is 0 Å². The predicted molar refractivity (Wildman–Crippen MR) is 63.5 cm³/mol. The molecule has 0 bridgehead atoms. The van der Waals surface area contributed by atoms with E-state index in [0.29, 0.717) is 5.56 Å². The summed E-state index contributed by atoms with van der Waals surface area (Å²) in [5, 5.41) is 3.84. The van der Waals surface area contributed by atoms with Gasteiger partial charge in [0.15, 0.2) is 0 Å². The highest BCUT2D eigenvalue weighted by atomic mass is 16.2. The molecule has 0 aliphatic heterocycles. The molecule has 1 N–H and O–H groups in total. The molecule has 0 aliphatic rings. The highest BCUT2D eigenvalue weighted by Crippen LogP contribution is 1.95. The Morgan fingerprint density at radius 1 is 1.18 bits per heavy atom. The van der Waals surface area contributed by atoms with E-state index in [1.165, 1.54) is 6.20 Å². The van der Waals surface area contributed by atoms with Gasteiger partial charge in [0, 0.05) is 24.8 Å². The molecule has 0 unspecified atom stereocenters. The molecule has 5 heteroatoms. The van der Waals surface area contributed by atoms with Crippen LogP contribution in [0.2, 0.25) is 0 Å². The third-order valence-corrected chi connectivity index (χ3v) is 2.01. The van der Waals surface area contributed by atoms with Crippen molar-refractivity contribution < 1.29 is 4.79 Å². The number of nitrogens with one attached hydrogen (secondary N) is 1. The maximum absolute atomic E-state index is 11.6. The van der Waals surface area contributed by atoms with Gasteiger partial charge in [0.25, 0.3) is 5.91 Å². The lowest BCUT2D eigenvalue weighted by molar-refractivity contribution is 0.0955. The zero-order chi connectivity index (χ0) is 11.9. The average Bonchev–Trinajstić information content (AvgIpc) is 2.41. The molecule has 2 aromatic heterocycles. The van der Waals surface area contributed by atoms with Crippen LogP contribution in [-0.2, 0) is 0 Å². The topological polar surface area (TPSA) is 67.2 Å². The molecule has 0 aromatic carbocycles. The summed E-state index contributed by atoms with van der Waals surface area (Å²) in [5.74, 6) is -0.289. The van der Waals surface area contributed by atoms with Crippen molar-refractivity contribution in [3.8, 4) is 0 Å². The number of carbonyl (C=O) groups is 1. The van der Waals surface area contributed by atoms with Gasteiger partial charge in [0.05, 0.1) is 11.8 Å². The van der Waals surface area contributed by atoms with E-state index >= 15 is 0 Å². The van der Waals surface area contributed by atoms with Gasteiger partial charge in [-0.2, -0.15) is 5.10 Å². The summed E-state index contributed by atoms with van der Waals surface area (Å²) in [7, 11) is 0. The Hall–Kier alpha value is -2.56. The van der Waals surface area contributed by atoms with E-state index < -0.39 is 0 Å². The number of pyridine rings is 2. The molecule has 17 heavy (non-hydrogen) atoms. The summed E-state index contributed by atoms with van der Waals surface area (Å²) in [5.41, 5.74) is 3.76. The second-order valence-electron chi connectivity index (χ2n) is 3.22. The first kappa shape index (κ1) is 10.9. The van der Waals surface area contributed by atoms with Gasteiger partial charge in [0.2, 0.25) is 0 Å². The molecule has 0 spiro atoms. The van der Waals surface area contributed by atoms with E-state index in [4.69, 9.17) is 0 Å². The van der Waals surface area contributed by atoms with Gasteiger partial charge in [-0.15, -0.1) is 0 Å². The molecule has 84 valence electrons. The third kappa shape index (κ3) is 3.20. The fourth-order valence-electron chi connectivity index (χ4n) is 1.18. The first-order chi connectivity index (χ1) is 8.36. The highest BCUT2D eigenvalue weighted by molar-refractivity contribution is 5.94. The first-order valence-corrected chi connectivity index (χ1v) is 5.00. The normalized spacial score (nSPS) is 10.4. The van der Waals surface area contributed by atoms with Crippen molar-refractivity contribution in [2.45, 2.75) is 0 Å². The summed E-state index contributed by atoms with van der Waals surface area (Å²) in [6, 6.07) is 6.95. The minimum atomic E-state index is -0.289. The summed E-state index contributed by atoms with van der Waals surface area (Å²) in [6.07, 6.45) is 7.96. The number of aromatic nitrogens is 2. The standard InChI is InChI=1S/C12H10N4O/c17-12(11-2-1-5-14-9-11)16-15-8-10-3-6-13-7-4-10/h1-9H,(H,16,17)/b15-8-. The monoisotopic (exact) mass is 226 g/mol. The van der Waals surface area contributed by atoms with Crippen molar-refractivity contribution >= 4 is 12.1 Å². The van der Waals surface area contributed by atoms with Crippen molar-refractivity contribution in [2.24, 2.45) is 5.10 Å². The van der Waals surface area contributed by atoms with Crippen molar-refractivity contribution in [1.82, 2.24) is 15.4 Å². The summed E-state index contributed by atoms with van der Waals surface area (Å²) >= 11 is 0. The number of rotatable bonds is 3. The SMILES string of the molecule is O=C(N/N=C\c1ccncc1)c1cccnc1.